The zero-order chi connectivity index (χ0) is 9.56. The lowest BCUT2D eigenvalue weighted by Gasteiger charge is -2.11. The third kappa shape index (κ3) is 6.15. The lowest BCUT2D eigenvalue weighted by atomic mass is 10.4. The smallest absolute Gasteiger partial charge is 0.407 e. The van der Waals surface area contributed by atoms with E-state index in [0.29, 0.717) is 12.4 Å². The molecule has 1 N–H and O–H groups in total. The summed E-state index contributed by atoms with van der Waals surface area (Å²) < 4.78 is 15.4. The van der Waals surface area contributed by atoms with Crippen LogP contribution in [0.3, 0.4) is 0 Å². The number of alkyl carbamates (subject to hydrolysis) is 1. The minimum Gasteiger partial charge on any atom is -0.450 e. The summed E-state index contributed by atoms with van der Waals surface area (Å²) in [5, 5.41) is 2.56. The Kier molecular flexibility index (Phi) is 5.70. The predicted molar refractivity (Wildman–Crippen MR) is 48.6 cm³/mol. The van der Waals surface area contributed by atoms with Gasteiger partial charge in [-0.05, 0) is 13.8 Å². The Bertz CT molecular complexity index is 172. The van der Waals surface area contributed by atoms with Gasteiger partial charge < -0.3 is 10.1 Å². The number of hydrogen-bond donors (Lipinski definition) is 1. The van der Waals surface area contributed by atoms with E-state index in [1.54, 1.807) is 20.1 Å². The van der Waals surface area contributed by atoms with Crippen molar-refractivity contribution in [2.45, 2.75) is 19.9 Å². The second-order valence-corrected chi connectivity index (χ2v) is 3.99. The summed E-state index contributed by atoms with van der Waals surface area (Å²) in [7, 11) is -0.886. The van der Waals surface area contributed by atoms with Gasteiger partial charge in [0.25, 0.3) is 0 Å². The van der Waals surface area contributed by atoms with Crippen LogP contribution < -0.4 is 5.32 Å². The van der Waals surface area contributed by atoms with Crippen LogP contribution in [0.1, 0.15) is 13.8 Å². The van der Waals surface area contributed by atoms with Gasteiger partial charge in [-0.15, -0.1) is 0 Å². The van der Waals surface area contributed by atoms with Gasteiger partial charge in [0.05, 0.1) is 6.61 Å². The Morgan fingerprint density at radius 2 is 2.25 bits per heavy atom. The molecule has 0 radical (unpaired) electrons. The molecule has 0 saturated carbocycles. The van der Waals surface area contributed by atoms with Crippen molar-refractivity contribution >= 4 is 16.9 Å². The maximum atomic E-state index is 10.8. The number of carbonyl (C=O) groups is 1. The van der Waals surface area contributed by atoms with Gasteiger partial charge in [-0.2, -0.15) is 0 Å². The molecule has 5 heteroatoms. The van der Waals surface area contributed by atoms with Gasteiger partial charge in [-0.25, -0.2) is 4.79 Å². The molecule has 0 aromatic rings. The predicted octanol–water partition coefficient (Wildman–Crippen LogP) is 0.500. The molecule has 2 atom stereocenters. The van der Waals surface area contributed by atoms with Crippen molar-refractivity contribution < 1.29 is 13.7 Å². The van der Waals surface area contributed by atoms with Crippen LogP contribution in [-0.2, 0) is 15.5 Å². The second kappa shape index (κ2) is 5.99. The highest BCUT2D eigenvalue weighted by Gasteiger charge is 2.08. The summed E-state index contributed by atoms with van der Waals surface area (Å²) in [5.41, 5.74) is 0. The minimum absolute atomic E-state index is 0.102. The number of amides is 1. The molecule has 12 heavy (non-hydrogen) atoms. The molecule has 1 amide bonds. The summed E-state index contributed by atoms with van der Waals surface area (Å²) in [6.45, 7) is 3.88. The van der Waals surface area contributed by atoms with Crippen LogP contribution in [0.15, 0.2) is 0 Å². The van der Waals surface area contributed by atoms with Gasteiger partial charge in [-0.3, -0.25) is 4.21 Å². The molecule has 0 aliphatic heterocycles. The third-order valence-corrected chi connectivity index (χ3v) is 2.09. The molecule has 0 fully saturated rings. The van der Waals surface area contributed by atoms with Gasteiger partial charge in [-0.1, -0.05) is 0 Å². The highest BCUT2D eigenvalue weighted by molar-refractivity contribution is 7.84. The first-order valence-corrected chi connectivity index (χ1v) is 5.52. The zero-order valence-electron chi connectivity index (χ0n) is 7.62. The molecule has 0 aliphatic carbocycles. The fourth-order valence-electron chi connectivity index (χ4n) is 0.768. The van der Waals surface area contributed by atoms with E-state index >= 15 is 0 Å². The summed E-state index contributed by atoms with van der Waals surface area (Å²) >= 11 is 0. The molecular formula is C7H15NO3S. The van der Waals surface area contributed by atoms with Crippen molar-refractivity contribution in [2.24, 2.45) is 0 Å². The molecule has 72 valence electrons. The lowest BCUT2D eigenvalue weighted by Crippen LogP contribution is -2.36. The third-order valence-electron chi connectivity index (χ3n) is 1.12. The van der Waals surface area contributed by atoms with Gasteiger partial charge in [0.2, 0.25) is 0 Å². The first kappa shape index (κ1) is 11.4. The highest BCUT2D eigenvalue weighted by atomic mass is 32.2. The molecule has 4 nitrogen and oxygen atoms in total. The topological polar surface area (TPSA) is 55.4 Å². The fraction of sp³-hybridized carbons (Fsp3) is 0.857. The van der Waals surface area contributed by atoms with E-state index in [0.717, 1.165) is 0 Å². The maximum Gasteiger partial charge on any atom is 0.407 e. The van der Waals surface area contributed by atoms with Gasteiger partial charge >= 0.3 is 6.09 Å². The second-order valence-electron chi connectivity index (χ2n) is 2.51. The minimum atomic E-state index is -0.886. The van der Waals surface area contributed by atoms with Crippen LogP contribution >= 0.6 is 0 Å². The highest BCUT2D eigenvalue weighted by Crippen LogP contribution is 1.87. The number of nitrogens with one attached hydrogen (secondary N) is 1. The van der Waals surface area contributed by atoms with E-state index in [2.05, 4.69) is 10.1 Å². The normalized spacial score (nSPS) is 14.9. The van der Waals surface area contributed by atoms with Crippen molar-refractivity contribution in [3.63, 3.8) is 0 Å². The van der Waals surface area contributed by atoms with Crippen molar-refractivity contribution in [1.82, 2.24) is 5.32 Å². The van der Waals surface area contributed by atoms with Crippen molar-refractivity contribution in [2.75, 3.05) is 18.6 Å². The summed E-state index contributed by atoms with van der Waals surface area (Å²) in [5.74, 6) is 0.457. The zero-order valence-corrected chi connectivity index (χ0v) is 8.44. The Balaban J connectivity index is 3.61. The average Bonchev–Trinajstić information content (AvgIpc) is 1.84. The molecule has 0 aromatic carbocycles. The van der Waals surface area contributed by atoms with Crippen LogP contribution in [0.2, 0.25) is 0 Å². The Labute approximate surface area is 75.1 Å². The van der Waals surface area contributed by atoms with E-state index in [9.17, 15) is 9.00 Å². The van der Waals surface area contributed by atoms with Gasteiger partial charge in [0, 0.05) is 28.9 Å². The van der Waals surface area contributed by atoms with Crippen LogP contribution in [0, 0.1) is 0 Å². The lowest BCUT2D eigenvalue weighted by molar-refractivity contribution is 0.150. The van der Waals surface area contributed by atoms with Crippen LogP contribution in [0.4, 0.5) is 4.79 Å². The summed E-state index contributed by atoms with van der Waals surface area (Å²) in [4.78, 5) is 10.8. The molecule has 0 aromatic heterocycles. The molecule has 0 bridgehead atoms. The molecular weight excluding hydrogens is 178 g/mol. The van der Waals surface area contributed by atoms with Crippen molar-refractivity contribution in [3.05, 3.63) is 0 Å². The van der Waals surface area contributed by atoms with Gasteiger partial charge in [0.15, 0.2) is 0 Å². The molecule has 0 rings (SSSR count). The molecule has 0 saturated heterocycles. The van der Waals surface area contributed by atoms with Crippen molar-refractivity contribution in [3.8, 4) is 0 Å². The largest absolute Gasteiger partial charge is 0.450 e. The number of hydrogen-bond acceptors (Lipinski definition) is 3. The standard InChI is InChI=1S/C7H15NO3S/c1-4-11-7(9)8-6(2)5-12(3)10/h6H,4-5H2,1-3H3,(H,8,9). The van der Waals surface area contributed by atoms with Crippen molar-refractivity contribution in [1.29, 1.82) is 0 Å². The number of carbonyl (C=O) groups excluding carboxylic acids is 1. The fourth-order valence-corrected chi connectivity index (χ4v) is 1.56. The Morgan fingerprint density at radius 3 is 2.67 bits per heavy atom. The van der Waals surface area contributed by atoms with Gasteiger partial charge in [0.1, 0.15) is 0 Å². The van der Waals surface area contributed by atoms with Crippen LogP contribution in [-0.4, -0.2) is 35.0 Å². The Hall–Kier alpha value is -0.580. The maximum absolute atomic E-state index is 10.8. The number of rotatable bonds is 4. The summed E-state index contributed by atoms with van der Waals surface area (Å²) in [6.07, 6.45) is 1.15. The number of ether oxygens (including phenoxy) is 1. The molecule has 0 spiro atoms. The first-order chi connectivity index (χ1) is 5.56. The van der Waals surface area contributed by atoms with E-state index in [1.807, 2.05) is 0 Å². The van der Waals surface area contributed by atoms with E-state index < -0.39 is 16.9 Å². The first-order valence-electron chi connectivity index (χ1n) is 3.79. The van der Waals surface area contributed by atoms with E-state index in [4.69, 9.17) is 0 Å². The summed E-state index contributed by atoms with van der Waals surface area (Å²) in [6, 6.07) is -0.102. The van der Waals surface area contributed by atoms with Crippen LogP contribution in [0.5, 0.6) is 0 Å². The Morgan fingerprint density at radius 1 is 1.67 bits per heavy atom. The SMILES string of the molecule is CCOC(=O)NC(C)CS(C)=O. The van der Waals surface area contributed by atoms with E-state index in [1.165, 1.54) is 0 Å². The molecule has 0 heterocycles. The molecule has 0 aliphatic rings. The molecule has 2 unspecified atom stereocenters. The van der Waals surface area contributed by atoms with Crippen LogP contribution in [0.25, 0.3) is 0 Å². The monoisotopic (exact) mass is 193 g/mol. The van der Waals surface area contributed by atoms with E-state index in [-0.39, 0.29) is 6.04 Å². The quantitative estimate of drug-likeness (QED) is 0.707. The average molecular weight is 193 g/mol.